The molecule has 0 amide bonds. The molecule has 1 aromatic carbocycles. The Hall–Kier alpha value is -1.68. The molecule has 1 unspecified atom stereocenters. The lowest BCUT2D eigenvalue weighted by molar-refractivity contribution is 0.350. The Kier molecular flexibility index (Phi) is 2.65. The summed E-state index contributed by atoms with van der Waals surface area (Å²) in [4.78, 5) is 4.37. The van der Waals surface area contributed by atoms with Gasteiger partial charge in [0.1, 0.15) is 0 Å². The van der Waals surface area contributed by atoms with Gasteiger partial charge in [-0.2, -0.15) is 4.98 Å². The first kappa shape index (κ1) is 10.5. The van der Waals surface area contributed by atoms with Crippen LogP contribution in [-0.2, 0) is 6.42 Å². The number of hydrogen-bond acceptors (Lipinski definition) is 4. The second kappa shape index (κ2) is 4.30. The fraction of sp³-hybridized carbons (Fsp3) is 0.385. The van der Waals surface area contributed by atoms with Gasteiger partial charge < -0.3 is 10.3 Å². The van der Waals surface area contributed by atoms with E-state index in [1.54, 1.807) is 0 Å². The highest BCUT2D eigenvalue weighted by atomic mass is 16.5. The number of hydrogen-bond donors (Lipinski definition) is 1. The molecule has 2 aromatic rings. The zero-order chi connectivity index (χ0) is 11.7. The summed E-state index contributed by atoms with van der Waals surface area (Å²) < 4.78 is 5.21. The van der Waals surface area contributed by atoms with Gasteiger partial charge in [-0.3, -0.25) is 0 Å². The normalized spacial score (nSPS) is 17.0. The fourth-order valence-corrected chi connectivity index (χ4v) is 1.86. The van der Waals surface area contributed by atoms with Gasteiger partial charge in [0.05, 0.1) is 6.04 Å². The van der Waals surface area contributed by atoms with E-state index in [4.69, 9.17) is 10.3 Å². The molecule has 4 nitrogen and oxygen atoms in total. The molecule has 0 spiro atoms. The summed E-state index contributed by atoms with van der Waals surface area (Å²) in [7, 11) is 0. The largest absolute Gasteiger partial charge is 0.338 e. The zero-order valence-electron chi connectivity index (χ0n) is 9.54. The second-order valence-corrected chi connectivity index (χ2v) is 4.56. The molecular weight excluding hydrogens is 214 g/mol. The molecule has 0 bridgehead atoms. The lowest BCUT2D eigenvalue weighted by Gasteiger charge is -2.05. The van der Waals surface area contributed by atoms with E-state index in [2.05, 4.69) is 22.3 Å². The first-order chi connectivity index (χ1) is 8.33. The predicted octanol–water partition coefficient (Wildman–Crippen LogP) is 2.19. The van der Waals surface area contributed by atoms with Crippen molar-refractivity contribution in [1.82, 2.24) is 10.1 Å². The Morgan fingerprint density at radius 3 is 2.76 bits per heavy atom. The van der Waals surface area contributed by atoms with Gasteiger partial charge in [-0.15, -0.1) is 0 Å². The maximum absolute atomic E-state index is 6.06. The standard InChI is InChI=1S/C13H15N3O/c14-11(8-9-4-2-1-3-5-9)13-15-12(16-17-13)10-6-7-10/h1-5,10-11H,6-8,14H2. The van der Waals surface area contributed by atoms with E-state index in [0.29, 0.717) is 11.8 Å². The predicted molar refractivity (Wildman–Crippen MR) is 63.3 cm³/mol. The maximum atomic E-state index is 6.06. The van der Waals surface area contributed by atoms with Crippen molar-refractivity contribution >= 4 is 0 Å². The van der Waals surface area contributed by atoms with Crippen LogP contribution >= 0.6 is 0 Å². The van der Waals surface area contributed by atoms with Crippen LogP contribution in [0.1, 0.15) is 42.1 Å². The van der Waals surface area contributed by atoms with Crippen molar-refractivity contribution in [2.24, 2.45) is 5.73 Å². The molecule has 1 fully saturated rings. The van der Waals surface area contributed by atoms with Gasteiger partial charge in [-0.25, -0.2) is 0 Å². The summed E-state index contributed by atoms with van der Waals surface area (Å²) in [5.41, 5.74) is 7.25. The Morgan fingerprint density at radius 1 is 1.29 bits per heavy atom. The number of nitrogens with zero attached hydrogens (tertiary/aromatic N) is 2. The molecule has 17 heavy (non-hydrogen) atoms. The first-order valence-corrected chi connectivity index (χ1v) is 5.96. The van der Waals surface area contributed by atoms with Crippen molar-refractivity contribution in [3.8, 4) is 0 Å². The molecule has 1 heterocycles. The quantitative estimate of drug-likeness (QED) is 0.872. The molecule has 1 aliphatic carbocycles. The van der Waals surface area contributed by atoms with Crippen LogP contribution in [0.4, 0.5) is 0 Å². The van der Waals surface area contributed by atoms with E-state index in [1.165, 1.54) is 18.4 Å². The molecule has 0 saturated heterocycles. The number of aromatic nitrogens is 2. The molecule has 1 saturated carbocycles. The number of benzene rings is 1. The van der Waals surface area contributed by atoms with Crippen molar-refractivity contribution in [2.75, 3.05) is 0 Å². The van der Waals surface area contributed by atoms with Gasteiger partial charge in [-0.1, -0.05) is 35.5 Å². The molecular formula is C13H15N3O. The monoisotopic (exact) mass is 229 g/mol. The summed E-state index contributed by atoms with van der Waals surface area (Å²) in [6.45, 7) is 0. The van der Waals surface area contributed by atoms with Crippen LogP contribution in [0.3, 0.4) is 0 Å². The fourth-order valence-electron chi connectivity index (χ4n) is 1.86. The molecule has 1 aromatic heterocycles. The summed E-state index contributed by atoms with van der Waals surface area (Å²) in [6.07, 6.45) is 3.08. The van der Waals surface area contributed by atoms with Crippen LogP contribution < -0.4 is 5.73 Å². The highest BCUT2D eigenvalue weighted by Crippen LogP contribution is 2.38. The van der Waals surface area contributed by atoms with Gasteiger partial charge in [0.25, 0.3) is 0 Å². The van der Waals surface area contributed by atoms with E-state index in [0.717, 1.165) is 12.2 Å². The van der Waals surface area contributed by atoms with Crippen LogP contribution in [0.25, 0.3) is 0 Å². The van der Waals surface area contributed by atoms with Crippen LogP contribution in [0.5, 0.6) is 0 Å². The Balaban J connectivity index is 1.70. The van der Waals surface area contributed by atoms with Crippen LogP contribution in [-0.4, -0.2) is 10.1 Å². The van der Waals surface area contributed by atoms with Crippen molar-refractivity contribution in [1.29, 1.82) is 0 Å². The summed E-state index contributed by atoms with van der Waals surface area (Å²) in [6, 6.07) is 9.90. The molecule has 0 radical (unpaired) electrons. The highest BCUT2D eigenvalue weighted by molar-refractivity contribution is 5.17. The van der Waals surface area contributed by atoms with Crippen molar-refractivity contribution in [3.63, 3.8) is 0 Å². The Labute approximate surface area is 99.8 Å². The molecule has 1 aliphatic rings. The van der Waals surface area contributed by atoms with Crippen LogP contribution in [0.2, 0.25) is 0 Å². The second-order valence-electron chi connectivity index (χ2n) is 4.56. The average Bonchev–Trinajstić information content (AvgIpc) is 3.08. The third-order valence-electron chi connectivity index (χ3n) is 3.02. The first-order valence-electron chi connectivity index (χ1n) is 5.96. The lowest BCUT2D eigenvalue weighted by Crippen LogP contribution is -2.13. The lowest BCUT2D eigenvalue weighted by atomic mass is 10.1. The summed E-state index contributed by atoms with van der Waals surface area (Å²) >= 11 is 0. The van der Waals surface area contributed by atoms with Gasteiger partial charge >= 0.3 is 0 Å². The molecule has 3 rings (SSSR count). The average molecular weight is 229 g/mol. The van der Waals surface area contributed by atoms with Crippen molar-refractivity contribution in [3.05, 3.63) is 47.6 Å². The van der Waals surface area contributed by atoms with E-state index in [1.807, 2.05) is 18.2 Å². The SMILES string of the molecule is NC(Cc1ccccc1)c1nc(C2CC2)no1. The number of rotatable bonds is 4. The van der Waals surface area contributed by atoms with Crippen molar-refractivity contribution in [2.45, 2.75) is 31.2 Å². The summed E-state index contributed by atoms with van der Waals surface area (Å²) in [5.74, 6) is 1.88. The zero-order valence-corrected chi connectivity index (χ0v) is 9.54. The highest BCUT2D eigenvalue weighted by Gasteiger charge is 2.29. The summed E-state index contributed by atoms with van der Waals surface area (Å²) in [5, 5.41) is 3.97. The van der Waals surface area contributed by atoms with Crippen LogP contribution in [0, 0.1) is 0 Å². The molecule has 1 atom stereocenters. The molecule has 4 heteroatoms. The number of nitrogens with two attached hydrogens (primary N) is 1. The smallest absolute Gasteiger partial charge is 0.243 e. The Morgan fingerprint density at radius 2 is 2.06 bits per heavy atom. The van der Waals surface area contributed by atoms with Crippen LogP contribution in [0.15, 0.2) is 34.9 Å². The topological polar surface area (TPSA) is 64.9 Å². The van der Waals surface area contributed by atoms with Crippen molar-refractivity contribution < 1.29 is 4.52 Å². The third kappa shape index (κ3) is 2.36. The van der Waals surface area contributed by atoms with Gasteiger partial charge in [0.2, 0.25) is 5.89 Å². The third-order valence-corrected chi connectivity index (χ3v) is 3.02. The minimum Gasteiger partial charge on any atom is -0.338 e. The Bertz CT molecular complexity index is 490. The minimum absolute atomic E-state index is 0.211. The van der Waals surface area contributed by atoms with Gasteiger partial charge in [-0.05, 0) is 24.8 Å². The maximum Gasteiger partial charge on any atom is 0.243 e. The molecule has 88 valence electrons. The van der Waals surface area contributed by atoms with E-state index in [-0.39, 0.29) is 6.04 Å². The van der Waals surface area contributed by atoms with Gasteiger partial charge in [0, 0.05) is 5.92 Å². The van der Waals surface area contributed by atoms with E-state index >= 15 is 0 Å². The van der Waals surface area contributed by atoms with E-state index < -0.39 is 0 Å². The van der Waals surface area contributed by atoms with Gasteiger partial charge in [0.15, 0.2) is 5.82 Å². The van der Waals surface area contributed by atoms with E-state index in [9.17, 15) is 0 Å². The minimum atomic E-state index is -0.211. The molecule has 0 aliphatic heterocycles. The molecule has 2 N–H and O–H groups in total.